The van der Waals surface area contributed by atoms with Crippen LogP contribution in [0.25, 0.3) is 10.2 Å². The molecular formula is C28H29N3O4S2. The first-order valence-corrected chi connectivity index (χ1v) is 14.6. The molecule has 0 bridgehead atoms. The molecule has 0 saturated carbocycles. The van der Waals surface area contributed by atoms with Crippen molar-refractivity contribution in [3.05, 3.63) is 93.8 Å². The Balaban J connectivity index is 1.40. The Hall–Kier alpha value is -3.11. The average molecular weight is 536 g/mol. The third-order valence-corrected chi connectivity index (χ3v) is 9.43. The van der Waals surface area contributed by atoms with Crippen LogP contribution in [0.4, 0.5) is 0 Å². The Morgan fingerprint density at radius 3 is 2.57 bits per heavy atom. The Morgan fingerprint density at radius 2 is 1.81 bits per heavy atom. The Bertz CT molecular complexity index is 1620. The van der Waals surface area contributed by atoms with Crippen LogP contribution in [0.3, 0.4) is 0 Å². The molecule has 7 nitrogen and oxygen atoms in total. The van der Waals surface area contributed by atoms with Gasteiger partial charge in [-0.25, -0.2) is 8.42 Å². The van der Waals surface area contributed by atoms with E-state index in [1.54, 1.807) is 12.1 Å². The Labute approximate surface area is 220 Å². The predicted octanol–water partition coefficient (Wildman–Crippen LogP) is 4.54. The molecule has 0 spiro atoms. The molecule has 0 fully saturated rings. The summed E-state index contributed by atoms with van der Waals surface area (Å²) in [5.41, 5.74) is 4.70. The maximum Gasteiger partial charge on any atom is 0.279 e. The minimum Gasteiger partial charge on any atom is -0.380 e. The molecular weight excluding hydrogens is 506 g/mol. The van der Waals surface area contributed by atoms with Gasteiger partial charge in [-0.05, 0) is 73.4 Å². The molecule has 1 aromatic heterocycles. The third kappa shape index (κ3) is 5.31. The summed E-state index contributed by atoms with van der Waals surface area (Å²) in [5, 5.41) is 0. The van der Waals surface area contributed by atoms with Crippen molar-refractivity contribution in [3.8, 4) is 0 Å². The summed E-state index contributed by atoms with van der Waals surface area (Å²) < 4.78 is 36.6. The number of thiazole rings is 1. The topological polar surface area (TPSA) is 81.0 Å². The summed E-state index contributed by atoms with van der Waals surface area (Å²) in [6, 6.07) is 20.1. The number of rotatable bonds is 7. The largest absolute Gasteiger partial charge is 0.380 e. The summed E-state index contributed by atoms with van der Waals surface area (Å²) in [7, 11) is -3.67. The van der Waals surface area contributed by atoms with Gasteiger partial charge in [0.25, 0.3) is 5.91 Å². The van der Waals surface area contributed by atoms with Gasteiger partial charge in [0.1, 0.15) is 0 Å². The molecule has 9 heteroatoms. The zero-order valence-corrected chi connectivity index (χ0v) is 22.5. The van der Waals surface area contributed by atoms with Crippen LogP contribution in [0.15, 0.2) is 76.6 Å². The highest BCUT2D eigenvalue weighted by Crippen LogP contribution is 2.25. The zero-order chi connectivity index (χ0) is 26.0. The van der Waals surface area contributed by atoms with Gasteiger partial charge in [0.2, 0.25) is 10.0 Å². The van der Waals surface area contributed by atoms with Crippen molar-refractivity contribution in [3.63, 3.8) is 0 Å². The van der Waals surface area contributed by atoms with Gasteiger partial charge in [0, 0.05) is 31.8 Å². The molecule has 1 aliphatic rings. The highest BCUT2D eigenvalue weighted by Gasteiger charge is 2.28. The summed E-state index contributed by atoms with van der Waals surface area (Å²) in [4.78, 5) is 18.2. The second-order valence-electron chi connectivity index (χ2n) is 9.00. The summed E-state index contributed by atoms with van der Waals surface area (Å²) in [6.45, 7) is 6.48. The van der Waals surface area contributed by atoms with Crippen molar-refractivity contribution in [1.82, 2.24) is 8.87 Å². The highest BCUT2D eigenvalue weighted by molar-refractivity contribution is 7.89. The van der Waals surface area contributed by atoms with E-state index in [0.717, 1.165) is 21.3 Å². The fourth-order valence-corrected chi connectivity index (χ4v) is 7.10. The molecule has 0 radical (unpaired) electrons. The fraction of sp³-hybridized carbons (Fsp3) is 0.286. The summed E-state index contributed by atoms with van der Waals surface area (Å²) in [6.07, 6.45) is 0.683. The number of fused-ring (bicyclic) bond motifs is 2. The number of aryl methyl sites for hydroxylation is 1. The minimum atomic E-state index is -3.67. The molecule has 192 valence electrons. The zero-order valence-electron chi connectivity index (χ0n) is 20.9. The van der Waals surface area contributed by atoms with Crippen molar-refractivity contribution in [2.75, 3.05) is 19.8 Å². The molecule has 0 unspecified atom stereocenters. The number of amides is 1. The van der Waals surface area contributed by atoms with E-state index in [-0.39, 0.29) is 4.90 Å². The second-order valence-corrected chi connectivity index (χ2v) is 12.0. The van der Waals surface area contributed by atoms with Gasteiger partial charge in [0.15, 0.2) is 4.80 Å². The van der Waals surface area contributed by atoms with E-state index in [2.05, 4.69) is 11.1 Å². The van der Waals surface area contributed by atoms with Crippen molar-refractivity contribution >= 4 is 37.5 Å². The predicted molar refractivity (Wildman–Crippen MR) is 145 cm³/mol. The van der Waals surface area contributed by atoms with Gasteiger partial charge in [-0.1, -0.05) is 41.7 Å². The van der Waals surface area contributed by atoms with Crippen LogP contribution in [0.2, 0.25) is 0 Å². The Kier molecular flexibility index (Phi) is 7.39. The van der Waals surface area contributed by atoms with E-state index in [9.17, 15) is 13.2 Å². The smallest absolute Gasteiger partial charge is 0.279 e. The molecule has 0 N–H and O–H groups in total. The molecule has 0 aliphatic carbocycles. The molecule has 5 rings (SSSR count). The lowest BCUT2D eigenvalue weighted by Crippen LogP contribution is -2.35. The maximum absolute atomic E-state index is 13.3. The van der Waals surface area contributed by atoms with E-state index < -0.39 is 15.9 Å². The van der Waals surface area contributed by atoms with Crippen LogP contribution in [0.5, 0.6) is 0 Å². The molecule has 1 amide bonds. The van der Waals surface area contributed by atoms with E-state index >= 15 is 0 Å². The number of sulfonamides is 1. The number of nitrogens with zero attached hydrogens (tertiary/aromatic N) is 3. The van der Waals surface area contributed by atoms with Gasteiger partial charge in [-0.15, -0.1) is 0 Å². The lowest BCUT2D eigenvalue weighted by molar-refractivity contribution is 0.0996. The van der Waals surface area contributed by atoms with Gasteiger partial charge < -0.3 is 9.30 Å². The van der Waals surface area contributed by atoms with Crippen molar-refractivity contribution in [2.24, 2.45) is 4.99 Å². The van der Waals surface area contributed by atoms with Gasteiger partial charge in [-0.3, -0.25) is 4.79 Å². The van der Waals surface area contributed by atoms with Crippen LogP contribution in [-0.2, 0) is 34.3 Å². The van der Waals surface area contributed by atoms with Gasteiger partial charge in [0.05, 0.1) is 21.7 Å². The van der Waals surface area contributed by atoms with Crippen molar-refractivity contribution in [1.29, 1.82) is 0 Å². The maximum atomic E-state index is 13.3. The normalized spacial score (nSPS) is 14.7. The summed E-state index contributed by atoms with van der Waals surface area (Å²) >= 11 is 1.46. The number of aromatic nitrogens is 1. The van der Waals surface area contributed by atoms with Gasteiger partial charge >= 0.3 is 0 Å². The van der Waals surface area contributed by atoms with Crippen molar-refractivity contribution < 1.29 is 17.9 Å². The molecule has 0 saturated heterocycles. The SMILES string of the molecule is CCOCCn1c(=NC(=O)c2ccc(S(=O)(=O)N3CCc4ccccc4C3)cc2)sc2cc(C)ccc21. The number of carbonyl (C=O) groups is 1. The molecule has 37 heavy (non-hydrogen) atoms. The molecule has 3 aromatic carbocycles. The number of ether oxygens (including phenoxy) is 1. The lowest BCUT2D eigenvalue weighted by Gasteiger charge is -2.28. The second kappa shape index (κ2) is 10.7. The first-order chi connectivity index (χ1) is 17.9. The number of carbonyl (C=O) groups excluding carboxylic acids is 1. The Morgan fingerprint density at radius 1 is 1.05 bits per heavy atom. The molecule has 1 aliphatic heterocycles. The quantitative estimate of drug-likeness (QED) is 0.326. The number of benzene rings is 3. The standard InChI is InChI=1S/C28H29N3O4S2/c1-3-35-17-16-31-25-13-8-20(2)18-26(25)36-28(31)29-27(32)22-9-11-24(12-10-22)37(33,34)30-15-14-21-6-4-5-7-23(21)19-30/h4-13,18H,3,14-17,19H2,1-2H3. The minimum absolute atomic E-state index is 0.174. The van der Waals surface area contributed by atoms with Crippen LogP contribution in [-0.4, -0.2) is 43.0 Å². The lowest BCUT2D eigenvalue weighted by atomic mass is 10.0. The van der Waals surface area contributed by atoms with Crippen molar-refractivity contribution in [2.45, 2.75) is 38.3 Å². The van der Waals surface area contributed by atoms with Crippen LogP contribution in [0.1, 0.15) is 34.0 Å². The highest BCUT2D eigenvalue weighted by atomic mass is 32.2. The van der Waals surface area contributed by atoms with Crippen LogP contribution >= 0.6 is 11.3 Å². The third-order valence-electron chi connectivity index (χ3n) is 6.53. The average Bonchev–Trinajstić information content (AvgIpc) is 3.24. The fourth-order valence-electron chi connectivity index (χ4n) is 4.53. The number of hydrogen-bond donors (Lipinski definition) is 0. The van der Waals surface area contributed by atoms with E-state index in [1.807, 2.05) is 54.8 Å². The van der Waals surface area contributed by atoms with Crippen LogP contribution in [0, 0.1) is 6.92 Å². The summed E-state index contributed by atoms with van der Waals surface area (Å²) in [5.74, 6) is -0.413. The first-order valence-electron chi connectivity index (χ1n) is 12.3. The molecule has 0 atom stereocenters. The number of hydrogen-bond acceptors (Lipinski definition) is 5. The van der Waals surface area contributed by atoms with E-state index in [0.29, 0.717) is 49.6 Å². The van der Waals surface area contributed by atoms with E-state index in [4.69, 9.17) is 4.74 Å². The van der Waals surface area contributed by atoms with Crippen LogP contribution < -0.4 is 4.80 Å². The van der Waals surface area contributed by atoms with Gasteiger partial charge in [-0.2, -0.15) is 9.30 Å². The first kappa shape index (κ1) is 25.5. The molecule has 4 aromatic rings. The monoisotopic (exact) mass is 535 g/mol. The molecule has 2 heterocycles. The van der Waals surface area contributed by atoms with E-state index in [1.165, 1.54) is 33.3 Å².